The zero-order valence-electron chi connectivity index (χ0n) is 40.8. The Labute approximate surface area is 412 Å². The van der Waals surface area contributed by atoms with E-state index >= 15 is 0 Å². The molecule has 0 unspecified atom stereocenters. The number of hydrogen-bond donors (Lipinski definition) is 0. The van der Waals surface area contributed by atoms with Gasteiger partial charge in [0.1, 0.15) is 5.58 Å². The van der Waals surface area contributed by atoms with Crippen molar-refractivity contribution >= 4 is 46.2 Å². The van der Waals surface area contributed by atoms with E-state index in [0.717, 1.165) is 49.9 Å². The summed E-state index contributed by atoms with van der Waals surface area (Å²) in [7, 11) is -1.20. The van der Waals surface area contributed by atoms with Crippen molar-refractivity contribution in [1.29, 1.82) is 5.26 Å². The maximum Gasteiger partial charge on any atom is 3.00 e. The molecule has 0 bridgehead atoms. The second-order valence-corrected chi connectivity index (χ2v) is 26.2. The molecule has 2 aromatic heterocycles. The molecule has 0 fully saturated rings. The molecule has 0 aliphatic heterocycles. The summed E-state index contributed by atoms with van der Waals surface area (Å²) in [5.41, 5.74) is 16.5. The average molecular weight is 1070 g/mol. The molecule has 0 saturated heterocycles. The van der Waals surface area contributed by atoms with Crippen LogP contribution in [-0.4, -0.2) is 17.6 Å². The molecule has 1 aliphatic rings. The summed E-state index contributed by atoms with van der Waals surface area (Å²) in [5, 5.41) is 13.0. The number of nitrogens with zero attached hydrogens (tertiary/aromatic N) is 3. The van der Waals surface area contributed by atoms with Crippen LogP contribution in [0.25, 0.3) is 72.3 Å². The van der Waals surface area contributed by atoms with E-state index < -0.39 is 8.07 Å². The van der Waals surface area contributed by atoms with E-state index in [-0.39, 0.29) is 42.8 Å². The molecule has 0 radical (unpaired) electrons. The first-order valence-corrected chi connectivity index (χ1v) is 27.0. The standard InChI is InChI=1S/C46H44N3O.C15H16Si.Ir/c1-27(2)35-23-31(30-17-19-37-38(25-30)46(7,8)21-20-45(37,5)6)24-36(28(3)4)42(35)49-40-15-10-9-14-39(40)48-44(49)34-13-11-12-33-32-18-16-29(26-47)22-41(32)50-43(33)34;1-16(2,3)15-11-9-14(10-12-15)13-7-5-4-6-8-13;/h9-12,14-19,22-25,27-28H,20-21H2,1-8H3;4-7,9,11-12H,1-3H3;/q-1;-2;+3. The Morgan fingerprint density at radius 2 is 1.37 bits per heavy atom. The summed E-state index contributed by atoms with van der Waals surface area (Å²) in [6.07, 6.45) is 2.40. The van der Waals surface area contributed by atoms with E-state index in [1.165, 1.54) is 57.1 Å². The van der Waals surface area contributed by atoms with Crippen molar-refractivity contribution < 1.29 is 24.5 Å². The van der Waals surface area contributed by atoms with E-state index in [0.29, 0.717) is 11.1 Å². The molecule has 0 amide bonds. The van der Waals surface area contributed by atoms with Gasteiger partial charge in [0, 0.05) is 19.1 Å². The summed E-state index contributed by atoms with van der Waals surface area (Å²) in [6.45, 7) is 25.8. The summed E-state index contributed by atoms with van der Waals surface area (Å²) < 4.78 is 8.89. The SMILES string of the molecule is CC(C)c1cc(-c2ccc3c(c2)C(C)(C)CCC3(C)C)cc(C(C)C)c1-n1c(-c2[c-]ccc3c2oc2cc(C#N)ccc23)nc2ccccc21.C[Si](C)(C)c1c[c-]c(-c2[c-]cccc2)cc1.[Ir+3]. The first-order chi connectivity index (χ1) is 31.4. The number of imidazole rings is 1. The Hall–Kier alpha value is -5.83. The molecule has 0 atom stereocenters. The molecule has 7 aromatic carbocycles. The average Bonchev–Trinajstić information content (AvgIpc) is 3.88. The van der Waals surface area contributed by atoms with Crippen LogP contribution in [0.1, 0.15) is 108 Å². The van der Waals surface area contributed by atoms with E-state index in [9.17, 15) is 5.26 Å². The zero-order chi connectivity index (χ0) is 46.7. The molecule has 0 N–H and O–H groups in total. The Kier molecular flexibility index (Phi) is 13.0. The van der Waals surface area contributed by atoms with Crippen LogP contribution in [0, 0.1) is 29.5 Å². The second kappa shape index (κ2) is 18.3. The second-order valence-electron chi connectivity index (χ2n) is 21.1. The first kappa shape index (κ1) is 47.7. The number of para-hydroxylation sites is 2. The van der Waals surface area contributed by atoms with E-state index in [4.69, 9.17) is 9.40 Å². The van der Waals surface area contributed by atoms with Gasteiger partial charge in [0.15, 0.2) is 0 Å². The predicted molar refractivity (Wildman–Crippen MR) is 279 cm³/mol. The number of nitriles is 1. The van der Waals surface area contributed by atoms with Crippen molar-refractivity contribution in [1.82, 2.24) is 9.55 Å². The first-order valence-electron chi connectivity index (χ1n) is 23.5. The molecule has 338 valence electrons. The van der Waals surface area contributed by atoms with Crippen LogP contribution >= 0.6 is 0 Å². The van der Waals surface area contributed by atoms with Crippen LogP contribution in [-0.2, 0) is 30.9 Å². The maximum atomic E-state index is 9.57. The number of rotatable bonds is 7. The minimum Gasteiger partial charge on any atom is -0.500 e. The number of benzene rings is 7. The molecule has 4 nitrogen and oxygen atoms in total. The molecule has 10 rings (SSSR count). The van der Waals surface area contributed by atoms with Gasteiger partial charge < -0.3 is 8.98 Å². The normalized spacial score (nSPS) is 14.1. The van der Waals surface area contributed by atoms with Gasteiger partial charge in [-0.05, 0) is 105 Å². The summed E-state index contributed by atoms with van der Waals surface area (Å²) in [4.78, 5) is 5.29. The van der Waals surface area contributed by atoms with E-state index in [2.05, 4.69) is 177 Å². The van der Waals surface area contributed by atoms with Crippen LogP contribution in [0.5, 0.6) is 0 Å². The Balaban J connectivity index is 0.000000303. The smallest absolute Gasteiger partial charge is 0.500 e. The predicted octanol–water partition coefficient (Wildman–Crippen LogP) is 16.0. The third-order valence-electron chi connectivity index (χ3n) is 13.8. The Morgan fingerprint density at radius 1 is 0.687 bits per heavy atom. The van der Waals surface area contributed by atoms with Crippen LogP contribution in [0.15, 0.2) is 132 Å². The molecule has 0 saturated carbocycles. The van der Waals surface area contributed by atoms with Gasteiger partial charge in [0.2, 0.25) is 0 Å². The van der Waals surface area contributed by atoms with Gasteiger partial charge in [-0.15, -0.1) is 29.5 Å². The van der Waals surface area contributed by atoms with Crippen LogP contribution in [0.3, 0.4) is 0 Å². The minimum atomic E-state index is -1.20. The maximum absolute atomic E-state index is 9.57. The van der Waals surface area contributed by atoms with Gasteiger partial charge in [-0.3, -0.25) is 4.98 Å². The quantitative estimate of drug-likeness (QED) is 0.118. The minimum absolute atomic E-state index is 0. The monoisotopic (exact) mass is 1070 g/mol. The molecule has 6 heteroatoms. The van der Waals surface area contributed by atoms with Crippen LogP contribution < -0.4 is 5.19 Å². The summed E-state index contributed by atoms with van der Waals surface area (Å²) in [5.74, 6) is 1.30. The van der Waals surface area contributed by atoms with Gasteiger partial charge in [0.25, 0.3) is 0 Å². The van der Waals surface area contributed by atoms with Crippen molar-refractivity contribution in [3.05, 3.63) is 173 Å². The van der Waals surface area contributed by atoms with Crippen molar-refractivity contribution in [3.8, 4) is 45.4 Å². The molecule has 1 aliphatic carbocycles. The van der Waals surface area contributed by atoms with Crippen molar-refractivity contribution in [3.63, 3.8) is 0 Å². The molecular weight excluding hydrogens is 1010 g/mol. The van der Waals surface area contributed by atoms with Gasteiger partial charge in [-0.25, -0.2) is 11.1 Å². The van der Waals surface area contributed by atoms with Crippen LogP contribution in [0.4, 0.5) is 0 Å². The van der Waals surface area contributed by atoms with Gasteiger partial charge in [0.05, 0.1) is 34.1 Å². The van der Waals surface area contributed by atoms with Crippen molar-refractivity contribution in [2.24, 2.45) is 0 Å². The number of furan rings is 1. The zero-order valence-corrected chi connectivity index (χ0v) is 44.2. The fourth-order valence-corrected chi connectivity index (χ4v) is 10.9. The third-order valence-corrected chi connectivity index (χ3v) is 15.9. The van der Waals surface area contributed by atoms with E-state index in [1.54, 1.807) is 0 Å². The van der Waals surface area contributed by atoms with Gasteiger partial charge >= 0.3 is 20.1 Å². The van der Waals surface area contributed by atoms with Gasteiger partial charge in [-0.1, -0.05) is 122 Å². The number of aromatic nitrogens is 2. The molecule has 67 heavy (non-hydrogen) atoms. The van der Waals surface area contributed by atoms with Crippen LogP contribution in [0.2, 0.25) is 19.6 Å². The summed E-state index contributed by atoms with van der Waals surface area (Å²) in [6, 6.07) is 57.0. The fraction of sp³-hybridized carbons (Fsp3) is 0.279. The summed E-state index contributed by atoms with van der Waals surface area (Å²) >= 11 is 0. The largest absolute Gasteiger partial charge is 3.00 e. The number of fused-ring (bicyclic) bond motifs is 5. The third kappa shape index (κ3) is 9.03. The Morgan fingerprint density at radius 3 is 2.01 bits per heavy atom. The fourth-order valence-electron chi connectivity index (χ4n) is 9.77. The molecule has 0 spiro atoms. The molecule has 9 aromatic rings. The molecular formula is C61H60IrN3OSi. The van der Waals surface area contributed by atoms with Crippen molar-refractivity contribution in [2.45, 2.75) is 111 Å². The van der Waals surface area contributed by atoms with Gasteiger partial charge in [-0.2, -0.15) is 53.8 Å². The van der Waals surface area contributed by atoms with E-state index in [1.807, 2.05) is 54.6 Å². The topological polar surface area (TPSA) is 54.8 Å². The van der Waals surface area contributed by atoms with Crippen molar-refractivity contribution in [2.75, 3.05) is 0 Å². The Bertz CT molecular complexity index is 3270. The molecule has 2 heterocycles. The number of hydrogen-bond acceptors (Lipinski definition) is 3.